The molecular weight excluding hydrogens is 547 g/mol. The minimum Gasteiger partial charge on any atom is -0.444 e. The molecule has 0 spiro atoms. The molecule has 9 nitrogen and oxygen atoms in total. The highest BCUT2D eigenvalue weighted by atomic mass is 35.5. The van der Waals surface area contributed by atoms with Gasteiger partial charge in [-0.3, -0.25) is 4.68 Å². The van der Waals surface area contributed by atoms with Gasteiger partial charge < -0.3 is 15.4 Å². The summed E-state index contributed by atoms with van der Waals surface area (Å²) in [6.45, 7) is 6.62. The quantitative estimate of drug-likeness (QED) is 0.390. The van der Waals surface area contributed by atoms with E-state index in [4.69, 9.17) is 22.1 Å². The monoisotopic (exact) mass is 577 g/mol. The number of carbonyl (C=O) groups is 1. The average Bonchev–Trinajstić information content (AvgIpc) is 3.40. The van der Waals surface area contributed by atoms with Gasteiger partial charge in [0.2, 0.25) is 0 Å². The summed E-state index contributed by atoms with van der Waals surface area (Å²) in [5.41, 5.74) is 6.37. The molecule has 40 heavy (non-hydrogen) atoms. The molecule has 214 valence electrons. The van der Waals surface area contributed by atoms with Gasteiger partial charge in [0.15, 0.2) is 0 Å². The topological polar surface area (TPSA) is 115 Å². The molecule has 0 atom stereocenters. The van der Waals surface area contributed by atoms with E-state index in [0.717, 1.165) is 12.1 Å². The molecule has 1 aliphatic rings. The summed E-state index contributed by atoms with van der Waals surface area (Å²) < 4.78 is 48.2. The van der Waals surface area contributed by atoms with Crippen LogP contribution in [0.4, 0.5) is 23.8 Å². The number of aromatic nitrogens is 4. The summed E-state index contributed by atoms with van der Waals surface area (Å²) in [7, 11) is 0. The summed E-state index contributed by atoms with van der Waals surface area (Å²) in [6, 6.07) is 5.41. The van der Waals surface area contributed by atoms with E-state index < -0.39 is 17.3 Å². The van der Waals surface area contributed by atoms with Crippen LogP contribution in [-0.2, 0) is 17.5 Å². The van der Waals surface area contributed by atoms with Crippen molar-refractivity contribution in [2.45, 2.75) is 70.8 Å². The summed E-state index contributed by atoms with van der Waals surface area (Å²) in [5.74, 6) is 0.240. The second-order valence-corrected chi connectivity index (χ2v) is 11.3. The maximum Gasteiger partial charge on any atom is 0.416 e. The van der Waals surface area contributed by atoms with Crippen LogP contribution in [0, 0.1) is 11.3 Å². The van der Waals surface area contributed by atoms with Gasteiger partial charge in [0.05, 0.1) is 24.3 Å². The number of halogens is 4. The third kappa shape index (κ3) is 6.88. The minimum atomic E-state index is -4.52. The van der Waals surface area contributed by atoms with E-state index in [2.05, 4.69) is 16.3 Å². The summed E-state index contributed by atoms with van der Waals surface area (Å²) in [4.78, 5) is 14.2. The number of amides is 1. The number of nitriles is 1. The number of rotatable bonds is 4. The Morgan fingerprint density at radius 2 is 1.88 bits per heavy atom. The third-order valence-corrected chi connectivity index (χ3v) is 6.74. The Labute approximate surface area is 235 Å². The van der Waals surface area contributed by atoms with E-state index in [9.17, 15) is 23.2 Å². The Morgan fingerprint density at radius 3 is 2.48 bits per heavy atom. The van der Waals surface area contributed by atoms with Gasteiger partial charge in [-0.2, -0.15) is 28.6 Å². The fourth-order valence-corrected chi connectivity index (χ4v) is 5.01. The Kier molecular flexibility index (Phi) is 8.35. The normalized spacial score (nSPS) is 15.4. The average molecular weight is 578 g/mol. The van der Waals surface area contributed by atoms with Gasteiger partial charge in [-0.05, 0) is 70.2 Å². The molecule has 0 unspecified atom stereocenters. The Hall–Kier alpha value is -3.72. The van der Waals surface area contributed by atoms with Crippen LogP contribution in [0.15, 0.2) is 30.6 Å². The van der Waals surface area contributed by atoms with Crippen LogP contribution >= 0.6 is 11.6 Å². The molecule has 0 radical (unpaired) electrons. The van der Waals surface area contributed by atoms with E-state index in [0.29, 0.717) is 55.6 Å². The fourth-order valence-electron chi connectivity index (χ4n) is 4.75. The predicted octanol–water partition coefficient (Wildman–Crippen LogP) is 6.27. The van der Waals surface area contributed by atoms with Gasteiger partial charge in [-0.15, -0.1) is 0 Å². The van der Waals surface area contributed by atoms with Gasteiger partial charge in [-0.25, -0.2) is 9.48 Å². The van der Waals surface area contributed by atoms with E-state index in [1.54, 1.807) is 15.8 Å². The molecule has 3 heterocycles. The van der Waals surface area contributed by atoms with Gasteiger partial charge >= 0.3 is 12.3 Å². The predicted molar refractivity (Wildman–Crippen MR) is 143 cm³/mol. The van der Waals surface area contributed by atoms with Crippen LogP contribution in [0.2, 0.25) is 5.02 Å². The van der Waals surface area contributed by atoms with Crippen LogP contribution in [0.3, 0.4) is 0 Å². The first kappa shape index (κ1) is 29.3. The maximum atomic E-state index is 13.2. The number of benzene rings is 1. The lowest BCUT2D eigenvalue weighted by molar-refractivity contribution is -0.137. The maximum absolute atomic E-state index is 13.2. The molecule has 2 N–H and O–H groups in total. The number of hydrogen-bond donors (Lipinski definition) is 1. The second-order valence-electron chi connectivity index (χ2n) is 10.8. The zero-order chi connectivity index (χ0) is 29.2. The molecule has 0 bridgehead atoms. The van der Waals surface area contributed by atoms with Crippen molar-refractivity contribution in [3.05, 3.63) is 52.3 Å². The molecule has 3 aromatic rings. The molecule has 0 saturated carbocycles. The molecule has 4 rings (SSSR count). The molecule has 2 aromatic heterocycles. The summed E-state index contributed by atoms with van der Waals surface area (Å²) in [5, 5.41) is 18.8. The standard InChI is InChI=1S/C27H31ClF3N7O2/c1-26(2,3)40-25(39)36-8-4-6-21(7-5-9-36)38-24(33)22(13-32)23(35-38)18-14-34-37(16-18)15-17-10-19(27(29,30)31)12-20(28)11-17/h10-12,14,16,21H,4-9,15,33H2,1-3H3. The molecule has 1 saturated heterocycles. The SMILES string of the molecule is CC(C)(C)OC(=O)N1CCCC(n2nc(-c3cnn(Cc4cc(Cl)cc(C(F)(F)F)c4)c3)c(C#N)c2N)CCC1. The van der Waals surface area contributed by atoms with E-state index in [-0.39, 0.29) is 35.1 Å². The number of anilines is 1. The summed E-state index contributed by atoms with van der Waals surface area (Å²) in [6.07, 6.45) is 1.07. The Balaban J connectivity index is 1.50. The lowest BCUT2D eigenvalue weighted by Gasteiger charge is -2.30. The summed E-state index contributed by atoms with van der Waals surface area (Å²) >= 11 is 5.91. The van der Waals surface area contributed by atoms with Crippen LogP contribution in [0.5, 0.6) is 0 Å². The third-order valence-electron chi connectivity index (χ3n) is 6.52. The van der Waals surface area contributed by atoms with Crippen LogP contribution in [0.1, 0.15) is 69.2 Å². The highest BCUT2D eigenvalue weighted by Gasteiger charge is 2.31. The minimum absolute atomic E-state index is 0.0242. The van der Waals surface area contributed by atoms with E-state index >= 15 is 0 Å². The molecule has 1 amide bonds. The number of likely N-dealkylation sites (tertiary alicyclic amines) is 1. The van der Waals surface area contributed by atoms with Crippen molar-refractivity contribution in [1.82, 2.24) is 24.5 Å². The van der Waals surface area contributed by atoms with Crippen LogP contribution < -0.4 is 5.73 Å². The van der Waals surface area contributed by atoms with Crippen molar-refractivity contribution >= 4 is 23.5 Å². The van der Waals surface area contributed by atoms with Crippen molar-refractivity contribution in [2.75, 3.05) is 18.8 Å². The van der Waals surface area contributed by atoms with Crippen LogP contribution in [0.25, 0.3) is 11.3 Å². The molecule has 1 fully saturated rings. The Bertz CT molecular complexity index is 1410. The number of alkyl halides is 3. The molecular formula is C27H31ClF3N7O2. The highest BCUT2D eigenvalue weighted by Crippen LogP contribution is 2.34. The van der Waals surface area contributed by atoms with Crippen molar-refractivity contribution in [1.29, 1.82) is 5.26 Å². The smallest absolute Gasteiger partial charge is 0.416 e. The van der Waals surface area contributed by atoms with Crippen molar-refractivity contribution < 1.29 is 22.7 Å². The number of carbonyl (C=O) groups excluding carboxylic acids is 1. The number of nitrogen functional groups attached to an aromatic ring is 1. The lowest BCUT2D eigenvalue weighted by Crippen LogP contribution is -2.39. The van der Waals surface area contributed by atoms with Crippen molar-refractivity contribution in [3.63, 3.8) is 0 Å². The van der Waals surface area contributed by atoms with Gasteiger partial charge in [0, 0.05) is 29.9 Å². The Morgan fingerprint density at radius 1 is 1.20 bits per heavy atom. The number of nitrogens with two attached hydrogens (primary N) is 1. The van der Waals surface area contributed by atoms with E-state index in [1.165, 1.54) is 16.9 Å². The second kappa shape index (κ2) is 11.4. The fraction of sp³-hybridized carbons (Fsp3) is 0.481. The van der Waals surface area contributed by atoms with Crippen molar-refractivity contribution in [2.24, 2.45) is 0 Å². The number of ether oxygens (including phenoxy) is 1. The molecule has 1 aromatic carbocycles. The van der Waals surface area contributed by atoms with Gasteiger partial charge in [0.1, 0.15) is 28.7 Å². The van der Waals surface area contributed by atoms with Crippen LogP contribution in [-0.4, -0.2) is 49.2 Å². The zero-order valence-corrected chi connectivity index (χ0v) is 23.3. The first-order chi connectivity index (χ1) is 18.7. The highest BCUT2D eigenvalue weighted by molar-refractivity contribution is 6.30. The first-order valence-electron chi connectivity index (χ1n) is 12.9. The van der Waals surface area contributed by atoms with Gasteiger partial charge in [0.25, 0.3) is 0 Å². The number of hydrogen-bond acceptors (Lipinski definition) is 6. The molecule has 0 aliphatic carbocycles. The largest absolute Gasteiger partial charge is 0.444 e. The van der Waals surface area contributed by atoms with Crippen molar-refractivity contribution in [3.8, 4) is 17.3 Å². The molecule has 13 heteroatoms. The zero-order valence-electron chi connectivity index (χ0n) is 22.5. The molecule has 1 aliphatic heterocycles. The lowest BCUT2D eigenvalue weighted by atomic mass is 10.0. The number of nitrogens with zero attached hydrogens (tertiary/aromatic N) is 6. The van der Waals surface area contributed by atoms with Gasteiger partial charge in [-0.1, -0.05) is 11.6 Å². The first-order valence-corrected chi connectivity index (χ1v) is 13.3. The van der Waals surface area contributed by atoms with E-state index in [1.807, 2.05) is 20.8 Å².